The molecule has 1 aliphatic rings. The topological polar surface area (TPSA) is 106 Å². The zero-order valence-electron chi connectivity index (χ0n) is 15.0. The molecule has 2 N–H and O–H groups in total. The molecular formula is C20H18N4O4. The van der Waals surface area contributed by atoms with Crippen LogP contribution in [0.3, 0.4) is 0 Å². The number of ether oxygens (including phenoxy) is 1. The lowest BCUT2D eigenvalue weighted by Gasteiger charge is -2.17. The van der Waals surface area contributed by atoms with Gasteiger partial charge in [0.25, 0.3) is 0 Å². The summed E-state index contributed by atoms with van der Waals surface area (Å²) < 4.78 is 10.6. The zero-order chi connectivity index (χ0) is 19.3. The number of rotatable bonds is 6. The molecule has 0 saturated carbocycles. The highest BCUT2D eigenvalue weighted by molar-refractivity contribution is 5.94. The maximum Gasteiger partial charge on any atom is 0.316 e. The van der Waals surface area contributed by atoms with E-state index in [0.717, 1.165) is 16.8 Å². The van der Waals surface area contributed by atoms with Crippen molar-refractivity contribution in [2.24, 2.45) is 0 Å². The van der Waals surface area contributed by atoms with Crippen LogP contribution in [0, 0.1) is 0 Å². The van der Waals surface area contributed by atoms with Gasteiger partial charge in [-0.15, -0.1) is 0 Å². The number of hydrogen-bond acceptors (Lipinski definition) is 6. The first-order chi connectivity index (χ1) is 13.7. The smallest absolute Gasteiger partial charge is 0.316 e. The SMILES string of the molecule is O=C1CCc2ccc(OCc3noc(C(=O)NCc4ccccc4)n3)cc2N1. The standard InChI is InChI=1S/C20H18N4O4/c25-18-9-7-14-6-8-15(10-16(14)22-18)27-12-17-23-20(28-24-17)19(26)21-11-13-4-2-1-3-5-13/h1-6,8,10H,7,9,11-12H2,(H,21,26)(H,22,25). The predicted octanol–water partition coefficient (Wildman–Crippen LogP) is 2.46. The third kappa shape index (κ3) is 4.17. The third-order valence-electron chi connectivity index (χ3n) is 4.30. The number of carbonyl (C=O) groups excluding carboxylic acids is 2. The van der Waals surface area contributed by atoms with Crippen molar-refractivity contribution in [3.63, 3.8) is 0 Å². The average Bonchev–Trinajstić information content (AvgIpc) is 3.20. The summed E-state index contributed by atoms with van der Waals surface area (Å²) in [5, 5.41) is 9.31. The fourth-order valence-electron chi connectivity index (χ4n) is 2.85. The molecule has 0 fully saturated rings. The van der Waals surface area contributed by atoms with Gasteiger partial charge in [0.2, 0.25) is 11.7 Å². The number of aromatic nitrogens is 2. The monoisotopic (exact) mass is 378 g/mol. The minimum absolute atomic E-state index is 0.00558. The second-order valence-electron chi connectivity index (χ2n) is 6.34. The molecule has 142 valence electrons. The first-order valence-electron chi connectivity index (χ1n) is 8.88. The molecule has 8 heteroatoms. The van der Waals surface area contributed by atoms with E-state index < -0.39 is 5.91 Å². The van der Waals surface area contributed by atoms with Crippen LogP contribution >= 0.6 is 0 Å². The van der Waals surface area contributed by atoms with Crippen LogP contribution in [0.25, 0.3) is 0 Å². The molecular weight excluding hydrogens is 360 g/mol. The molecule has 8 nitrogen and oxygen atoms in total. The van der Waals surface area contributed by atoms with E-state index >= 15 is 0 Å². The number of nitrogens with zero attached hydrogens (tertiary/aromatic N) is 2. The quantitative estimate of drug-likeness (QED) is 0.682. The molecule has 2 aromatic carbocycles. The molecule has 1 aliphatic heterocycles. The Morgan fingerprint density at radius 2 is 2.04 bits per heavy atom. The summed E-state index contributed by atoms with van der Waals surface area (Å²) in [6.45, 7) is 0.414. The van der Waals surface area contributed by atoms with E-state index in [1.165, 1.54) is 0 Å². The lowest BCUT2D eigenvalue weighted by molar-refractivity contribution is -0.116. The minimum Gasteiger partial charge on any atom is -0.485 e. The molecule has 0 unspecified atom stereocenters. The van der Waals surface area contributed by atoms with Crippen molar-refractivity contribution >= 4 is 17.5 Å². The third-order valence-corrected chi connectivity index (χ3v) is 4.30. The largest absolute Gasteiger partial charge is 0.485 e. The van der Waals surface area contributed by atoms with Gasteiger partial charge in [-0.05, 0) is 23.6 Å². The van der Waals surface area contributed by atoms with Gasteiger partial charge < -0.3 is 19.9 Å². The highest BCUT2D eigenvalue weighted by atomic mass is 16.5. The van der Waals surface area contributed by atoms with Crippen molar-refractivity contribution < 1.29 is 18.8 Å². The summed E-state index contributed by atoms with van der Waals surface area (Å²) >= 11 is 0. The summed E-state index contributed by atoms with van der Waals surface area (Å²) in [5.41, 5.74) is 2.80. The molecule has 0 saturated heterocycles. The van der Waals surface area contributed by atoms with E-state index in [1.807, 2.05) is 42.5 Å². The molecule has 28 heavy (non-hydrogen) atoms. The van der Waals surface area contributed by atoms with Crippen LogP contribution in [0.4, 0.5) is 5.69 Å². The van der Waals surface area contributed by atoms with Crippen molar-refractivity contribution in [3.8, 4) is 5.75 Å². The van der Waals surface area contributed by atoms with Crippen LogP contribution in [-0.2, 0) is 24.4 Å². The highest BCUT2D eigenvalue weighted by Gasteiger charge is 2.17. The van der Waals surface area contributed by atoms with E-state index in [0.29, 0.717) is 25.1 Å². The molecule has 3 aromatic rings. The van der Waals surface area contributed by atoms with Crippen LogP contribution in [0.2, 0.25) is 0 Å². The van der Waals surface area contributed by atoms with Gasteiger partial charge in [-0.2, -0.15) is 4.98 Å². The molecule has 1 aromatic heterocycles. The van der Waals surface area contributed by atoms with Crippen molar-refractivity contribution in [2.75, 3.05) is 5.32 Å². The molecule has 0 spiro atoms. The Kier molecular flexibility index (Phi) is 5.01. The van der Waals surface area contributed by atoms with Crippen molar-refractivity contribution in [1.82, 2.24) is 15.5 Å². The van der Waals surface area contributed by atoms with Crippen molar-refractivity contribution in [3.05, 3.63) is 71.4 Å². The number of nitrogens with one attached hydrogen (secondary N) is 2. The second kappa shape index (κ2) is 7.91. The maximum absolute atomic E-state index is 12.1. The Labute approximate surface area is 160 Å². The van der Waals surface area contributed by atoms with Crippen molar-refractivity contribution in [1.29, 1.82) is 0 Å². The van der Waals surface area contributed by atoms with E-state index in [1.54, 1.807) is 6.07 Å². The molecule has 0 radical (unpaired) electrons. The Morgan fingerprint density at radius 1 is 1.18 bits per heavy atom. The molecule has 0 aliphatic carbocycles. The summed E-state index contributed by atoms with van der Waals surface area (Å²) in [6, 6.07) is 15.0. The minimum atomic E-state index is -0.445. The van der Waals surface area contributed by atoms with Crippen molar-refractivity contribution in [2.45, 2.75) is 26.0 Å². The normalized spacial score (nSPS) is 12.8. The molecule has 4 rings (SSSR count). The van der Waals surface area contributed by atoms with Gasteiger partial charge in [0.1, 0.15) is 5.75 Å². The molecule has 2 amide bonds. The van der Waals surface area contributed by atoms with Crippen LogP contribution in [0.15, 0.2) is 53.1 Å². The summed E-state index contributed by atoms with van der Waals surface area (Å²) in [4.78, 5) is 27.7. The molecule has 0 atom stereocenters. The lowest BCUT2D eigenvalue weighted by atomic mass is 10.0. The average molecular weight is 378 g/mol. The van der Waals surface area contributed by atoms with Gasteiger partial charge >= 0.3 is 11.8 Å². The second-order valence-corrected chi connectivity index (χ2v) is 6.34. The molecule has 2 heterocycles. The van der Waals surface area contributed by atoms with Gasteiger partial charge in [-0.3, -0.25) is 9.59 Å². The van der Waals surface area contributed by atoms with E-state index in [2.05, 4.69) is 20.8 Å². The van der Waals surface area contributed by atoms with Gasteiger partial charge in [0.15, 0.2) is 6.61 Å². The number of amides is 2. The first-order valence-corrected chi connectivity index (χ1v) is 8.88. The maximum atomic E-state index is 12.1. The summed E-state index contributed by atoms with van der Waals surface area (Å²) in [5.74, 6) is 0.257. The van der Waals surface area contributed by atoms with Gasteiger partial charge in [-0.25, -0.2) is 0 Å². The Bertz CT molecular complexity index is 1000. The number of carbonyl (C=O) groups is 2. The number of fused-ring (bicyclic) bond motifs is 1. The van der Waals surface area contributed by atoms with Crippen LogP contribution in [-0.4, -0.2) is 22.0 Å². The van der Waals surface area contributed by atoms with Crippen LogP contribution in [0.5, 0.6) is 5.75 Å². The van der Waals surface area contributed by atoms with E-state index in [-0.39, 0.29) is 24.2 Å². The zero-order valence-corrected chi connectivity index (χ0v) is 15.0. The van der Waals surface area contributed by atoms with E-state index in [9.17, 15) is 9.59 Å². The molecule has 0 bridgehead atoms. The summed E-state index contributed by atoms with van der Waals surface area (Å²) in [7, 11) is 0. The van der Waals surface area contributed by atoms with Crippen LogP contribution < -0.4 is 15.4 Å². The van der Waals surface area contributed by atoms with Gasteiger partial charge in [0, 0.05) is 24.7 Å². The van der Waals surface area contributed by atoms with Gasteiger partial charge in [0.05, 0.1) is 0 Å². The van der Waals surface area contributed by atoms with Gasteiger partial charge in [-0.1, -0.05) is 41.6 Å². The predicted molar refractivity (Wildman–Crippen MR) is 99.6 cm³/mol. The first kappa shape index (κ1) is 17.7. The Balaban J connectivity index is 1.33. The Hall–Kier alpha value is -3.68. The fourth-order valence-corrected chi connectivity index (χ4v) is 2.85. The number of benzene rings is 2. The highest BCUT2D eigenvalue weighted by Crippen LogP contribution is 2.27. The number of aryl methyl sites for hydroxylation is 1. The number of hydrogen-bond donors (Lipinski definition) is 2. The van der Waals surface area contributed by atoms with Crippen LogP contribution in [0.1, 0.15) is 34.1 Å². The number of anilines is 1. The lowest BCUT2D eigenvalue weighted by Crippen LogP contribution is -2.23. The summed E-state index contributed by atoms with van der Waals surface area (Å²) in [6.07, 6.45) is 1.21. The Morgan fingerprint density at radius 3 is 2.89 bits per heavy atom. The fraction of sp³-hybridized carbons (Fsp3) is 0.200. The van der Waals surface area contributed by atoms with E-state index in [4.69, 9.17) is 9.26 Å².